The van der Waals surface area contributed by atoms with Crippen molar-refractivity contribution in [1.82, 2.24) is 0 Å². The van der Waals surface area contributed by atoms with Gasteiger partial charge < -0.3 is 19.0 Å². The topological polar surface area (TPSA) is 101 Å². The molecule has 94 valence electrons. The van der Waals surface area contributed by atoms with Gasteiger partial charge in [0.05, 0.1) is 0 Å². The molecule has 0 atom stereocenters. The minimum absolute atomic E-state index is 0.213. The van der Waals surface area contributed by atoms with Gasteiger partial charge in [-0.1, -0.05) is 0 Å². The Bertz CT molecular complexity index is 575. The number of rotatable bonds is 3. The first-order valence-electron chi connectivity index (χ1n) is 5.08. The van der Waals surface area contributed by atoms with Gasteiger partial charge in [0.1, 0.15) is 0 Å². The Morgan fingerprint density at radius 2 is 1.22 bits per heavy atom. The lowest BCUT2D eigenvalue weighted by Crippen LogP contribution is -1.91. The van der Waals surface area contributed by atoms with Crippen LogP contribution >= 0.6 is 0 Å². The SMILES string of the molecule is Cc1cc(C(=O)O)oc1-c1oc(C(=O)O)cc1C. The van der Waals surface area contributed by atoms with E-state index in [1.165, 1.54) is 12.1 Å². The second kappa shape index (κ2) is 4.06. The number of carboxylic acid groups (broad SMARTS) is 2. The van der Waals surface area contributed by atoms with Crippen LogP contribution in [0.15, 0.2) is 21.0 Å². The van der Waals surface area contributed by atoms with Crippen molar-refractivity contribution in [2.75, 3.05) is 0 Å². The second-order valence-corrected chi connectivity index (χ2v) is 3.86. The van der Waals surface area contributed by atoms with E-state index in [0.717, 1.165) is 0 Å². The Morgan fingerprint density at radius 3 is 1.44 bits per heavy atom. The fraction of sp³-hybridized carbons (Fsp3) is 0.167. The van der Waals surface area contributed by atoms with Gasteiger partial charge in [0.25, 0.3) is 0 Å². The summed E-state index contributed by atoms with van der Waals surface area (Å²) in [6, 6.07) is 2.72. The van der Waals surface area contributed by atoms with E-state index >= 15 is 0 Å². The summed E-state index contributed by atoms with van der Waals surface area (Å²) in [6.07, 6.45) is 0. The fourth-order valence-electron chi connectivity index (χ4n) is 1.63. The second-order valence-electron chi connectivity index (χ2n) is 3.86. The average Bonchev–Trinajstić information content (AvgIpc) is 2.82. The van der Waals surface area contributed by atoms with Crippen molar-refractivity contribution in [2.24, 2.45) is 0 Å². The van der Waals surface area contributed by atoms with Crippen molar-refractivity contribution in [1.29, 1.82) is 0 Å². The van der Waals surface area contributed by atoms with E-state index in [4.69, 9.17) is 19.0 Å². The van der Waals surface area contributed by atoms with E-state index in [9.17, 15) is 9.59 Å². The van der Waals surface area contributed by atoms with Crippen LogP contribution in [-0.4, -0.2) is 22.2 Å². The standard InChI is InChI=1S/C12H10O6/c1-5-3-7(11(13)14)17-9(5)10-6(2)4-8(18-10)12(15)16/h3-4H,1-2H3,(H,13,14)(H,15,16). The van der Waals surface area contributed by atoms with Crippen LogP contribution in [-0.2, 0) is 0 Å². The van der Waals surface area contributed by atoms with Crippen LogP contribution in [0.2, 0.25) is 0 Å². The number of hydrogen-bond acceptors (Lipinski definition) is 4. The summed E-state index contributed by atoms with van der Waals surface area (Å²) in [5, 5.41) is 17.6. The first kappa shape index (κ1) is 12.0. The molecule has 2 aromatic heterocycles. The van der Waals surface area contributed by atoms with Crippen LogP contribution < -0.4 is 0 Å². The third-order valence-corrected chi connectivity index (χ3v) is 2.46. The zero-order chi connectivity index (χ0) is 13.4. The summed E-state index contributed by atoms with van der Waals surface area (Å²) in [7, 11) is 0. The molecule has 6 heteroatoms. The highest BCUT2D eigenvalue weighted by Crippen LogP contribution is 2.31. The molecular formula is C12H10O6. The summed E-state index contributed by atoms with van der Waals surface area (Å²) >= 11 is 0. The molecule has 2 heterocycles. The zero-order valence-electron chi connectivity index (χ0n) is 9.68. The van der Waals surface area contributed by atoms with Crippen LogP contribution in [0.4, 0.5) is 0 Å². The van der Waals surface area contributed by atoms with Crippen LogP contribution in [0.25, 0.3) is 11.5 Å². The third kappa shape index (κ3) is 1.88. The molecule has 2 aromatic rings. The molecule has 0 bridgehead atoms. The highest BCUT2D eigenvalue weighted by Gasteiger charge is 2.21. The quantitative estimate of drug-likeness (QED) is 0.868. The van der Waals surface area contributed by atoms with E-state index in [2.05, 4.69) is 0 Å². The van der Waals surface area contributed by atoms with E-state index < -0.39 is 11.9 Å². The van der Waals surface area contributed by atoms with Gasteiger partial charge in [0.2, 0.25) is 11.5 Å². The molecule has 0 aromatic carbocycles. The number of carboxylic acids is 2. The van der Waals surface area contributed by atoms with Crippen molar-refractivity contribution in [3.63, 3.8) is 0 Å². The lowest BCUT2D eigenvalue weighted by Gasteiger charge is -1.95. The van der Waals surface area contributed by atoms with Crippen LogP contribution in [0, 0.1) is 13.8 Å². The molecule has 18 heavy (non-hydrogen) atoms. The van der Waals surface area contributed by atoms with Gasteiger partial charge in [-0.3, -0.25) is 0 Å². The maximum atomic E-state index is 10.8. The van der Waals surface area contributed by atoms with E-state index in [1.807, 2.05) is 0 Å². The number of furan rings is 2. The number of carbonyl (C=O) groups is 2. The smallest absolute Gasteiger partial charge is 0.371 e. The molecule has 0 radical (unpaired) electrons. The van der Waals surface area contributed by atoms with E-state index in [-0.39, 0.29) is 23.0 Å². The number of aryl methyl sites for hydroxylation is 2. The molecule has 0 aliphatic heterocycles. The summed E-state index contributed by atoms with van der Waals surface area (Å²) in [5.41, 5.74) is 1.14. The predicted octanol–water partition coefficient (Wildman–Crippen LogP) is 2.55. The van der Waals surface area contributed by atoms with Gasteiger partial charge >= 0.3 is 11.9 Å². The molecular weight excluding hydrogens is 240 g/mol. The first-order chi connectivity index (χ1) is 8.40. The minimum Gasteiger partial charge on any atom is -0.475 e. The molecule has 0 spiro atoms. The molecule has 2 rings (SSSR count). The molecule has 0 amide bonds. The van der Waals surface area contributed by atoms with Crippen molar-refractivity contribution >= 4 is 11.9 Å². The van der Waals surface area contributed by atoms with Gasteiger partial charge in [0, 0.05) is 0 Å². The Kier molecular flexibility index (Phi) is 2.70. The van der Waals surface area contributed by atoms with Crippen LogP contribution in [0.1, 0.15) is 32.2 Å². The Labute approximate surface area is 101 Å². The molecule has 0 fully saturated rings. The average molecular weight is 250 g/mol. The molecule has 0 saturated heterocycles. The number of hydrogen-bond donors (Lipinski definition) is 2. The van der Waals surface area contributed by atoms with Crippen molar-refractivity contribution in [2.45, 2.75) is 13.8 Å². The molecule has 0 aliphatic carbocycles. The molecule has 6 nitrogen and oxygen atoms in total. The van der Waals surface area contributed by atoms with Gasteiger partial charge in [-0.15, -0.1) is 0 Å². The van der Waals surface area contributed by atoms with Gasteiger partial charge in [-0.2, -0.15) is 0 Å². The maximum absolute atomic E-state index is 10.8. The fourth-order valence-corrected chi connectivity index (χ4v) is 1.63. The van der Waals surface area contributed by atoms with E-state index in [1.54, 1.807) is 13.8 Å². The molecule has 2 N–H and O–H groups in total. The van der Waals surface area contributed by atoms with E-state index in [0.29, 0.717) is 11.1 Å². The van der Waals surface area contributed by atoms with Gasteiger partial charge in [-0.05, 0) is 37.1 Å². The lowest BCUT2D eigenvalue weighted by molar-refractivity contribution is 0.0650. The van der Waals surface area contributed by atoms with Crippen molar-refractivity contribution < 1.29 is 28.6 Å². The minimum atomic E-state index is -1.19. The van der Waals surface area contributed by atoms with Crippen LogP contribution in [0.5, 0.6) is 0 Å². The number of aromatic carboxylic acids is 2. The summed E-state index contributed by atoms with van der Waals surface area (Å²) in [5.74, 6) is -2.33. The molecule has 0 saturated carbocycles. The first-order valence-corrected chi connectivity index (χ1v) is 5.08. The monoisotopic (exact) mass is 250 g/mol. The third-order valence-electron chi connectivity index (χ3n) is 2.46. The highest BCUT2D eigenvalue weighted by molar-refractivity contribution is 5.87. The Morgan fingerprint density at radius 1 is 0.889 bits per heavy atom. The normalized spacial score (nSPS) is 10.6. The van der Waals surface area contributed by atoms with Crippen LogP contribution in [0.3, 0.4) is 0 Å². The maximum Gasteiger partial charge on any atom is 0.371 e. The van der Waals surface area contributed by atoms with Crippen molar-refractivity contribution in [3.05, 3.63) is 34.8 Å². The summed E-state index contributed by atoms with van der Waals surface area (Å²) in [6.45, 7) is 3.32. The molecule has 0 aliphatic rings. The Hall–Kier alpha value is -2.50. The summed E-state index contributed by atoms with van der Waals surface area (Å²) < 4.78 is 10.3. The predicted molar refractivity (Wildman–Crippen MR) is 59.8 cm³/mol. The largest absolute Gasteiger partial charge is 0.475 e. The van der Waals surface area contributed by atoms with Gasteiger partial charge in [0.15, 0.2) is 11.5 Å². The highest BCUT2D eigenvalue weighted by atomic mass is 16.4. The zero-order valence-corrected chi connectivity index (χ0v) is 9.68. The van der Waals surface area contributed by atoms with Gasteiger partial charge in [-0.25, -0.2) is 9.59 Å². The lowest BCUT2D eigenvalue weighted by atomic mass is 10.2. The molecule has 0 unspecified atom stereocenters. The van der Waals surface area contributed by atoms with Crippen molar-refractivity contribution in [3.8, 4) is 11.5 Å². The Balaban J connectivity index is 2.54. The summed E-state index contributed by atoms with van der Waals surface area (Å²) in [4.78, 5) is 21.6.